The van der Waals surface area contributed by atoms with Crippen molar-refractivity contribution >= 4 is 43.5 Å². The standard InChI is InChI=1S/C53H31N3O/c1-3-13-32(14-4-1)38-30-44-40-22-11-19-34-20-12-23-42(47(34)40)48(44)45(31-38)53-55-51(35-16-5-2-6-17-35)54-52(56-53)43-28-27-39(37-26-25-33-15-7-8-18-36(33)29-37)50-49(43)41-21-9-10-24-46(41)57-50/h1-31H. The fraction of sp³-hybridized carbons (Fsp3) is 0. The van der Waals surface area contributed by atoms with Gasteiger partial charge in [0.15, 0.2) is 17.5 Å². The average Bonchev–Trinajstić information content (AvgIpc) is 3.83. The monoisotopic (exact) mass is 725 g/mol. The summed E-state index contributed by atoms with van der Waals surface area (Å²) in [6, 6.07) is 66.2. The van der Waals surface area contributed by atoms with Crippen LogP contribution in [-0.2, 0) is 0 Å². The van der Waals surface area contributed by atoms with Crippen molar-refractivity contribution in [1.82, 2.24) is 15.0 Å². The molecule has 9 aromatic carbocycles. The topological polar surface area (TPSA) is 51.8 Å². The number of para-hydroxylation sites is 1. The molecule has 4 heteroatoms. The van der Waals surface area contributed by atoms with Crippen LogP contribution in [0.4, 0.5) is 0 Å². The zero-order valence-electron chi connectivity index (χ0n) is 30.6. The number of hydrogen-bond acceptors (Lipinski definition) is 4. The zero-order chi connectivity index (χ0) is 37.5. The molecule has 2 aromatic heterocycles. The fourth-order valence-corrected chi connectivity index (χ4v) is 8.82. The highest BCUT2D eigenvalue weighted by atomic mass is 16.3. The molecule has 1 aliphatic rings. The van der Waals surface area contributed by atoms with E-state index in [4.69, 9.17) is 19.4 Å². The van der Waals surface area contributed by atoms with Gasteiger partial charge in [0, 0.05) is 38.6 Å². The van der Waals surface area contributed by atoms with E-state index in [0.29, 0.717) is 17.5 Å². The molecule has 0 aliphatic heterocycles. The summed E-state index contributed by atoms with van der Waals surface area (Å²) in [5, 5.41) is 6.86. The van der Waals surface area contributed by atoms with Gasteiger partial charge in [0.25, 0.3) is 0 Å². The van der Waals surface area contributed by atoms with Crippen molar-refractivity contribution in [2.75, 3.05) is 0 Å². The lowest BCUT2D eigenvalue weighted by molar-refractivity contribution is 0.670. The highest BCUT2D eigenvalue weighted by molar-refractivity contribution is 6.19. The number of nitrogens with zero attached hydrogens (tertiary/aromatic N) is 3. The summed E-state index contributed by atoms with van der Waals surface area (Å²) in [6.07, 6.45) is 0. The number of hydrogen-bond donors (Lipinski definition) is 0. The molecule has 57 heavy (non-hydrogen) atoms. The minimum atomic E-state index is 0.591. The van der Waals surface area contributed by atoms with Crippen LogP contribution in [0.5, 0.6) is 0 Å². The molecule has 0 amide bonds. The van der Waals surface area contributed by atoms with E-state index in [0.717, 1.165) is 66.4 Å². The Hall–Kier alpha value is -7.69. The Bertz CT molecular complexity index is 3400. The molecule has 1 aliphatic carbocycles. The van der Waals surface area contributed by atoms with E-state index in [1.807, 2.05) is 30.3 Å². The summed E-state index contributed by atoms with van der Waals surface area (Å²) >= 11 is 0. The van der Waals surface area contributed by atoms with Crippen LogP contribution in [0.1, 0.15) is 0 Å². The summed E-state index contributed by atoms with van der Waals surface area (Å²) in [5.41, 5.74) is 13.5. The first kappa shape index (κ1) is 31.6. The van der Waals surface area contributed by atoms with Gasteiger partial charge in [-0.15, -0.1) is 0 Å². The summed E-state index contributed by atoms with van der Waals surface area (Å²) in [4.78, 5) is 16.0. The van der Waals surface area contributed by atoms with Gasteiger partial charge in [-0.05, 0) is 91.3 Å². The Kier molecular flexibility index (Phi) is 6.89. The second-order valence-electron chi connectivity index (χ2n) is 14.7. The van der Waals surface area contributed by atoms with Crippen LogP contribution >= 0.6 is 0 Å². The summed E-state index contributed by atoms with van der Waals surface area (Å²) in [7, 11) is 0. The van der Waals surface area contributed by atoms with Gasteiger partial charge in [-0.25, -0.2) is 15.0 Å². The molecule has 0 saturated heterocycles. The SMILES string of the molecule is c1ccc(-c2cc(-c3nc(-c4ccccc4)nc(-c4ccc(-c5ccc6ccccc6c5)c5oc6ccccc6c45)n3)c3c(c2)-c2cccc4cccc-3c24)cc1. The van der Waals surface area contributed by atoms with Gasteiger partial charge in [0.2, 0.25) is 0 Å². The zero-order valence-corrected chi connectivity index (χ0v) is 30.6. The van der Waals surface area contributed by atoms with Crippen molar-refractivity contribution < 1.29 is 4.42 Å². The summed E-state index contributed by atoms with van der Waals surface area (Å²) < 4.78 is 6.76. The van der Waals surface area contributed by atoms with E-state index in [-0.39, 0.29) is 0 Å². The molecule has 0 spiro atoms. The maximum Gasteiger partial charge on any atom is 0.164 e. The van der Waals surface area contributed by atoms with Gasteiger partial charge < -0.3 is 4.42 Å². The van der Waals surface area contributed by atoms with Gasteiger partial charge in [0.05, 0.1) is 0 Å². The Balaban J connectivity index is 1.15. The molecule has 4 nitrogen and oxygen atoms in total. The Morgan fingerprint density at radius 2 is 0.947 bits per heavy atom. The van der Waals surface area contributed by atoms with Crippen LogP contribution < -0.4 is 0 Å². The lowest BCUT2D eigenvalue weighted by Gasteiger charge is -2.15. The van der Waals surface area contributed by atoms with Gasteiger partial charge in [-0.1, -0.05) is 152 Å². The van der Waals surface area contributed by atoms with Gasteiger partial charge >= 0.3 is 0 Å². The van der Waals surface area contributed by atoms with Gasteiger partial charge in [0.1, 0.15) is 11.2 Å². The molecule has 264 valence electrons. The maximum absolute atomic E-state index is 6.76. The van der Waals surface area contributed by atoms with E-state index >= 15 is 0 Å². The molecule has 0 unspecified atom stereocenters. The molecule has 11 aromatic rings. The Morgan fingerprint density at radius 1 is 0.316 bits per heavy atom. The molecule has 12 rings (SSSR count). The van der Waals surface area contributed by atoms with Crippen LogP contribution in [0.25, 0.3) is 122 Å². The highest BCUT2D eigenvalue weighted by Crippen LogP contribution is 2.52. The normalized spacial score (nSPS) is 11.9. The molecule has 0 bridgehead atoms. The van der Waals surface area contributed by atoms with Gasteiger partial charge in [-0.3, -0.25) is 0 Å². The van der Waals surface area contributed by atoms with Crippen molar-refractivity contribution in [3.8, 4) is 78.7 Å². The smallest absolute Gasteiger partial charge is 0.164 e. The lowest BCUT2D eigenvalue weighted by Crippen LogP contribution is -2.02. The van der Waals surface area contributed by atoms with Crippen LogP contribution in [0, 0.1) is 0 Å². The van der Waals surface area contributed by atoms with Crippen molar-refractivity contribution in [1.29, 1.82) is 0 Å². The minimum absolute atomic E-state index is 0.591. The van der Waals surface area contributed by atoms with Crippen LogP contribution in [0.15, 0.2) is 192 Å². The molecular weight excluding hydrogens is 695 g/mol. The predicted molar refractivity (Wildman–Crippen MR) is 234 cm³/mol. The summed E-state index contributed by atoms with van der Waals surface area (Å²) in [6.45, 7) is 0. The van der Waals surface area contributed by atoms with E-state index in [1.165, 1.54) is 38.2 Å². The highest BCUT2D eigenvalue weighted by Gasteiger charge is 2.28. The first-order valence-corrected chi connectivity index (χ1v) is 19.3. The van der Waals surface area contributed by atoms with Crippen molar-refractivity contribution in [2.24, 2.45) is 0 Å². The van der Waals surface area contributed by atoms with Crippen LogP contribution in [0.3, 0.4) is 0 Å². The predicted octanol–water partition coefficient (Wildman–Crippen LogP) is 14.1. The van der Waals surface area contributed by atoms with E-state index < -0.39 is 0 Å². The maximum atomic E-state index is 6.76. The quantitative estimate of drug-likeness (QED) is 0.177. The van der Waals surface area contributed by atoms with Crippen molar-refractivity contribution in [3.05, 3.63) is 188 Å². The van der Waals surface area contributed by atoms with E-state index in [1.54, 1.807) is 0 Å². The molecule has 0 fully saturated rings. The molecule has 0 atom stereocenters. The molecule has 0 N–H and O–H groups in total. The molecule has 2 heterocycles. The average molecular weight is 726 g/mol. The van der Waals surface area contributed by atoms with Crippen LogP contribution in [0.2, 0.25) is 0 Å². The number of benzene rings is 9. The molecular formula is C53H31N3O. The number of aromatic nitrogens is 3. The second-order valence-corrected chi connectivity index (χ2v) is 14.7. The number of furan rings is 1. The number of fused-ring (bicyclic) bond motifs is 7. The van der Waals surface area contributed by atoms with Crippen LogP contribution in [-0.4, -0.2) is 15.0 Å². The van der Waals surface area contributed by atoms with Crippen molar-refractivity contribution in [3.63, 3.8) is 0 Å². The Morgan fingerprint density at radius 3 is 1.77 bits per heavy atom. The van der Waals surface area contributed by atoms with Crippen molar-refractivity contribution in [2.45, 2.75) is 0 Å². The molecule has 0 radical (unpaired) electrons. The van der Waals surface area contributed by atoms with Gasteiger partial charge in [-0.2, -0.15) is 0 Å². The third kappa shape index (κ3) is 4.98. The minimum Gasteiger partial charge on any atom is -0.455 e. The van der Waals surface area contributed by atoms with E-state index in [2.05, 4.69) is 158 Å². The lowest BCUT2D eigenvalue weighted by atomic mass is 9.92. The summed E-state index contributed by atoms with van der Waals surface area (Å²) in [5.74, 6) is 1.83. The number of rotatable bonds is 5. The molecule has 0 saturated carbocycles. The third-order valence-corrected chi connectivity index (χ3v) is 11.4. The first-order chi connectivity index (χ1) is 28.2. The van der Waals surface area contributed by atoms with E-state index in [9.17, 15) is 0 Å². The Labute approximate surface area is 328 Å². The largest absolute Gasteiger partial charge is 0.455 e. The third-order valence-electron chi connectivity index (χ3n) is 11.4. The first-order valence-electron chi connectivity index (χ1n) is 19.3. The fourth-order valence-electron chi connectivity index (χ4n) is 8.82. The second kappa shape index (κ2) is 12.4.